The molecule has 0 aliphatic rings. The molecule has 0 unspecified atom stereocenters. The van der Waals surface area contributed by atoms with Crippen LogP contribution in [0.1, 0.15) is 5.56 Å². The standard InChI is InChI=1S/C16H15ClN6/c1-10-6-7-13(19-8-10)23-16-14(18)15(20-9-21-16)22-12-5-3-2-4-11(12)17/h2-9H,18H2,1H3,(H2,19,20,21,22,23). The van der Waals surface area contributed by atoms with Gasteiger partial charge in [-0.05, 0) is 30.7 Å². The average molecular weight is 327 g/mol. The minimum atomic E-state index is 0.384. The van der Waals surface area contributed by atoms with Crippen LogP contribution in [0.25, 0.3) is 0 Å². The van der Waals surface area contributed by atoms with Crippen molar-refractivity contribution in [2.45, 2.75) is 6.92 Å². The third-order valence-corrected chi connectivity index (χ3v) is 3.50. The van der Waals surface area contributed by atoms with Crippen LogP contribution >= 0.6 is 11.6 Å². The first kappa shape index (κ1) is 15.1. The number of nitrogens with one attached hydrogen (secondary N) is 2. The summed E-state index contributed by atoms with van der Waals surface area (Å²) in [7, 11) is 0. The van der Waals surface area contributed by atoms with Crippen molar-refractivity contribution in [1.29, 1.82) is 0 Å². The Labute approximate surface area is 138 Å². The highest BCUT2D eigenvalue weighted by molar-refractivity contribution is 6.33. The number of nitrogen functional groups attached to an aromatic ring is 1. The molecule has 3 rings (SSSR count). The fourth-order valence-electron chi connectivity index (χ4n) is 1.95. The van der Waals surface area contributed by atoms with Gasteiger partial charge in [-0.1, -0.05) is 29.8 Å². The van der Waals surface area contributed by atoms with E-state index in [1.54, 1.807) is 12.3 Å². The topological polar surface area (TPSA) is 88.8 Å². The predicted octanol–water partition coefficient (Wildman–Crippen LogP) is 3.90. The molecule has 0 saturated heterocycles. The summed E-state index contributed by atoms with van der Waals surface area (Å²) in [6.45, 7) is 1.97. The van der Waals surface area contributed by atoms with Gasteiger partial charge in [-0.15, -0.1) is 0 Å². The van der Waals surface area contributed by atoms with Gasteiger partial charge in [-0.25, -0.2) is 15.0 Å². The van der Waals surface area contributed by atoms with E-state index in [-0.39, 0.29) is 0 Å². The van der Waals surface area contributed by atoms with Gasteiger partial charge in [0.2, 0.25) is 0 Å². The molecule has 23 heavy (non-hydrogen) atoms. The summed E-state index contributed by atoms with van der Waals surface area (Å²) in [5.41, 5.74) is 8.32. The number of rotatable bonds is 4. The van der Waals surface area contributed by atoms with Gasteiger partial charge in [0.1, 0.15) is 17.8 Å². The number of para-hydroxylation sites is 1. The minimum Gasteiger partial charge on any atom is -0.393 e. The highest BCUT2D eigenvalue weighted by Gasteiger charge is 2.10. The van der Waals surface area contributed by atoms with Crippen LogP contribution in [0.5, 0.6) is 0 Å². The van der Waals surface area contributed by atoms with E-state index in [1.807, 2.05) is 37.3 Å². The summed E-state index contributed by atoms with van der Waals surface area (Å²) in [6.07, 6.45) is 3.19. The Balaban J connectivity index is 1.86. The van der Waals surface area contributed by atoms with Crippen LogP contribution in [0.15, 0.2) is 48.9 Å². The number of aromatic nitrogens is 3. The number of nitrogens with two attached hydrogens (primary N) is 1. The van der Waals surface area contributed by atoms with Gasteiger partial charge in [-0.3, -0.25) is 0 Å². The van der Waals surface area contributed by atoms with E-state index in [1.165, 1.54) is 6.33 Å². The lowest BCUT2D eigenvalue weighted by atomic mass is 10.3. The lowest BCUT2D eigenvalue weighted by molar-refractivity contribution is 1.16. The number of anilines is 5. The van der Waals surface area contributed by atoms with Gasteiger partial charge in [0.15, 0.2) is 11.6 Å². The molecule has 0 amide bonds. The summed E-state index contributed by atoms with van der Waals surface area (Å²) < 4.78 is 0. The molecule has 1 aromatic carbocycles. The highest BCUT2D eigenvalue weighted by atomic mass is 35.5. The molecule has 0 radical (unpaired) electrons. The molecule has 3 aromatic rings. The fraction of sp³-hybridized carbons (Fsp3) is 0.0625. The molecule has 6 nitrogen and oxygen atoms in total. The van der Waals surface area contributed by atoms with Crippen molar-refractivity contribution in [3.05, 3.63) is 59.5 Å². The molecular formula is C16H15ClN6. The Hall–Kier alpha value is -2.86. The van der Waals surface area contributed by atoms with Gasteiger partial charge < -0.3 is 16.4 Å². The second-order valence-corrected chi connectivity index (χ2v) is 5.34. The Morgan fingerprint density at radius 1 is 0.957 bits per heavy atom. The molecular weight excluding hydrogens is 312 g/mol. The predicted molar refractivity (Wildman–Crippen MR) is 93.4 cm³/mol. The first-order valence-electron chi connectivity index (χ1n) is 6.95. The molecule has 0 fully saturated rings. The van der Waals surface area contributed by atoms with Crippen LogP contribution in [-0.2, 0) is 0 Å². The van der Waals surface area contributed by atoms with Gasteiger partial charge in [0.25, 0.3) is 0 Å². The Kier molecular flexibility index (Phi) is 4.25. The average Bonchev–Trinajstić information content (AvgIpc) is 2.55. The van der Waals surface area contributed by atoms with Gasteiger partial charge in [0, 0.05) is 6.20 Å². The molecule has 0 aliphatic heterocycles. The zero-order chi connectivity index (χ0) is 16.2. The number of benzene rings is 1. The molecule has 4 N–H and O–H groups in total. The summed E-state index contributed by atoms with van der Waals surface area (Å²) in [5.74, 6) is 1.61. The molecule has 116 valence electrons. The second-order valence-electron chi connectivity index (χ2n) is 4.94. The van der Waals surface area contributed by atoms with Crippen LogP contribution in [0.3, 0.4) is 0 Å². The SMILES string of the molecule is Cc1ccc(Nc2ncnc(Nc3ccccc3Cl)c2N)nc1. The Morgan fingerprint density at radius 3 is 2.39 bits per heavy atom. The summed E-state index contributed by atoms with van der Waals surface area (Å²) in [6, 6.07) is 11.2. The Morgan fingerprint density at radius 2 is 1.70 bits per heavy atom. The number of pyridine rings is 1. The molecule has 0 spiro atoms. The van der Waals surface area contributed by atoms with E-state index in [0.717, 1.165) is 11.3 Å². The quantitative estimate of drug-likeness (QED) is 0.673. The smallest absolute Gasteiger partial charge is 0.160 e. The summed E-state index contributed by atoms with van der Waals surface area (Å²) in [4.78, 5) is 12.6. The van der Waals surface area contributed by atoms with Crippen LogP contribution in [0, 0.1) is 6.92 Å². The van der Waals surface area contributed by atoms with Crippen LogP contribution in [0.4, 0.5) is 28.8 Å². The van der Waals surface area contributed by atoms with Crippen molar-refractivity contribution in [3.63, 3.8) is 0 Å². The normalized spacial score (nSPS) is 10.3. The fourth-order valence-corrected chi connectivity index (χ4v) is 2.13. The van der Waals surface area contributed by atoms with E-state index in [9.17, 15) is 0 Å². The Bertz CT molecular complexity index is 819. The van der Waals surface area contributed by atoms with Crippen LogP contribution in [0.2, 0.25) is 5.02 Å². The number of hydrogen-bond donors (Lipinski definition) is 3. The third-order valence-electron chi connectivity index (χ3n) is 3.17. The van der Waals surface area contributed by atoms with Crippen molar-refractivity contribution in [1.82, 2.24) is 15.0 Å². The number of hydrogen-bond acceptors (Lipinski definition) is 6. The van der Waals surface area contributed by atoms with Gasteiger partial charge in [-0.2, -0.15) is 0 Å². The highest BCUT2D eigenvalue weighted by Crippen LogP contribution is 2.30. The van der Waals surface area contributed by atoms with Crippen LogP contribution in [-0.4, -0.2) is 15.0 Å². The number of nitrogens with zero attached hydrogens (tertiary/aromatic N) is 3. The zero-order valence-corrected chi connectivity index (χ0v) is 13.2. The minimum absolute atomic E-state index is 0.384. The largest absolute Gasteiger partial charge is 0.393 e. The molecule has 2 heterocycles. The lowest BCUT2D eigenvalue weighted by Crippen LogP contribution is -2.06. The van der Waals surface area contributed by atoms with Crippen molar-refractivity contribution in [2.75, 3.05) is 16.4 Å². The monoisotopic (exact) mass is 326 g/mol. The molecule has 7 heteroatoms. The maximum Gasteiger partial charge on any atom is 0.160 e. The van der Waals surface area contributed by atoms with E-state index in [2.05, 4.69) is 25.6 Å². The molecule has 0 atom stereocenters. The van der Waals surface area contributed by atoms with Crippen molar-refractivity contribution < 1.29 is 0 Å². The summed E-state index contributed by atoms with van der Waals surface area (Å²) in [5, 5.41) is 6.77. The number of aryl methyl sites for hydroxylation is 1. The van der Waals surface area contributed by atoms with E-state index < -0.39 is 0 Å². The summed E-state index contributed by atoms with van der Waals surface area (Å²) >= 11 is 6.14. The lowest BCUT2D eigenvalue weighted by Gasteiger charge is -2.13. The molecule has 0 saturated carbocycles. The zero-order valence-electron chi connectivity index (χ0n) is 12.4. The molecule has 0 aliphatic carbocycles. The van der Waals surface area contributed by atoms with Crippen molar-refractivity contribution in [3.8, 4) is 0 Å². The van der Waals surface area contributed by atoms with Crippen molar-refractivity contribution >= 4 is 40.4 Å². The maximum absolute atomic E-state index is 6.14. The first-order chi connectivity index (χ1) is 11.1. The molecule has 2 aromatic heterocycles. The maximum atomic E-state index is 6.14. The van der Waals surface area contributed by atoms with Gasteiger partial charge in [0.05, 0.1) is 10.7 Å². The third kappa shape index (κ3) is 3.49. The molecule has 0 bridgehead atoms. The van der Waals surface area contributed by atoms with Crippen LogP contribution < -0.4 is 16.4 Å². The first-order valence-corrected chi connectivity index (χ1v) is 7.33. The number of halogens is 1. The van der Waals surface area contributed by atoms with E-state index >= 15 is 0 Å². The van der Waals surface area contributed by atoms with E-state index in [0.29, 0.717) is 28.2 Å². The van der Waals surface area contributed by atoms with Crippen molar-refractivity contribution in [2.24, 2.45) is 0 Å². The van der Waals surface area contributed by atoms with Gasteiger partial charge >= 0.3 is 0 Å². The second kappa shape index (κ2) is 6.50. The van der Waals surface area contributed by atoms with E-state index in [4.69, 9.17) is 17.3 Å².